The summed E-state index contributed by atoms with van der Waals surface area (Å²) in [6.07, 6.45) is 2.86. The van der Waals surface area contributed by atoms with Crippen LogP contribution in [0.3, 0.4) is 0 Å². The van der Waals surface area contributed by atoms with Crippen molar-refractivity contribution in [3.05, 3.63) is 35.9 Å². The number of nitrogens with zero attached hydrogens (tertiary/aromatic N) is 1. The molecule has 0 saturated heterocycles. The topological polar surface area (TPSA) is 15.3 Å². The molecule has 106 valence electrons. The van der Waals surface area contributed by atoms with Crippen molar-refractivity contribution in [1.82, 2.24) is 10.2 Å². The molecule has 0 spiro atoms. The second-order valence-electron chi connectivity index (χ2n) is 6.76. The van der Waals surface area contributed by atoms with Gasteiger partial charge in [-0.25, -0.2) is 0 Å². The molecular weight excluding hydrogens is 232 g/mol. The fraction of sp³-hybridized carbons (Fsp3) is 0.647. The molecule has 0 heterocycles. The Kier molecular flexibility index (Phi) is 4.64. The van der Waals surface area contributed by atoms with Crippen LogP contribution in [-0.4, -0.2) is 32.1 Å². The van der Waals surface area contributed by atoms with Crippen molar-refractivity contribution < 1.29 is 0 Å². The Morgan fingerprint density at radius 2 is 1.89 bits per heavy atom. The predicted molar refractivity (Wildman–Crippen MR) is 82.2 cm³/mol. The Bertz CT molecular complexity index is 382. The van der Waals surface area contributed by atoms with Crippen molar-refractivity contribution in [2.24, 2.45) is 11.3 Å². The highest BCUT2D eigenvalue weighted by atomic mass is 15.1. The summed E-state index contributed by atoms with van der Waals surface area (Å²) in [6, 6.07) is 11.2. The van der Waals surface area contributed by atoms with E-state index in [4.69, 9.17) is 0 Å². The summed E-state index contributed by atoms with van der Waals surface area (Å²) >= 11 is 0. The molecule has 1 N–H and O–H groups in total. The quantitative estimate of drug-likeness (QED) is 0.809. The molecule has 0 radical (unpaired) electrons. The highest BCUT2D eigenvalue weighted by Gasteiger charge is 2.32. The summed E-state index contributed by atoms with van der Waals surface area (Å²) in [4.78, 5) is 2.50. The molecule has 1 aromatic carbocycles. The van der Waals surface area contributed by atoms with E-state index < -0.39 is 0 Å². The first kappa shape index (κ1) is 14.5. The highest BCUT2D eigenvalue weighted by Crippen LogP contribution is 2.35. The van der Waals surface area contributed by atoms with Crippen LogP contribution in [0.15, 0.2) is 30.3 Å². The number of rotatable bonds is 7. The molecule has 2 nitrogen and oxygen atoms in total. The molecular formula is C17H28N2. The fourth-order valence-electron chi connectivity index (χ4n) is 3.25. The zero-order valence-electron chi connectivity index (χ0n) is 12.8. The van der Waals surface area contributed by atoms with Crippen LogP contribution in [-0.2, 0) is 0 Å². The van der Waals surface area contributed by atoms with Gasteiger partial charge in [0.15, 0.2) is 0 Å². The summed E-state index contributed by atoms with van der Waals surface area (Å²) in [5.74, 6) is 0.963. The van der Waals surface area contributed by atoms with E-state index in [1.807, 2.05) is 0 Å². The van der Waals surface area contributed by atoms with Gasteiger partial charge >= 0.3 is 0 Å². The normalized spacial score (nSPS) is 17.7. The van der Waals surface area contributed by atoms with Gasteiger partial charge in [-0.05, 0) is 43.8 Å². The Labute approximate surface area is 118 Å². The number of benzene rings is 1. The van der Waals surface area contributed by atoms with Crippen molar-refractivity contribution in [3.8, 4) is 0 Å². The number of hydrogen-bond acceptors (Lipinski definition) is 2. The standard InChI is InChI=1S/C17H28N2/c1-17(2,13-19(4)12-14-10-11-14)16(18-3)15-8-6-5-7-9-15/h5-9,14,16,18H,10-13H2,1-4H3. The van der Waals surface area contributed by atoms with Crippen molar-refractivity contribution in [3.63, 3.8) is 0 Å². The molecule has 0 amide bonds. The van der Waals surface area contributed by atoms with Gasteiger partial charge < -0.3 is 10.2 Å². The highest BCUT2D eigenvalue weighted by molar-refractivity contribution is 5.21. The van der Waals surface area contributed by atoms with Crippen LogP contribution in [0.25, 0.3) is 0 Å². The third-order valence-electron chi connectivity index (χ3n) is 4.15. The lowest BCUT2D eigenvalue weighted by Gasteiger charge is -2.38. The van der Waals surface area contributed by atoms with Gasteiger partial charge in [0.2, 0.25) is 0 Å². The first-order chi connectivity index (χ1) is 9.03. The Morgan fingerprint density at radius 3 is 2.42 bits per heavy atom. The molecule has 1 unspecified atom stereocenters. The first-order valence-corrected chi connectivity index (χ1v) is 7.43. The zero-order valence-corrected chi connectivity index (χ0v) is 12.8. The summed E-state index contributed by atoms with van der Waals surface area (Å²) < 4.78 is 0. The van der Waals surface area contributed by atoms with Gasteiger partial charge in [-0.15, -0.1) is 0 Å². The van der Waals surface area contributed by atoms with E-state index in [-0.39, 0.29) is 5.41 Å². The summed E-state index contributed by atoms with van der Waals surface area (Å²) in [5, 5.41) is 3.51. The minimum absolute atomic E-state index is 0.222. The minimum Gasteiger partial charge on any atom is -0.313 e. The van der Waals surface area contributed by atoms with Crippen molar-refractivity contribution in [2.45, 2.75) is 32.7 Å². The second kappa shape index (κ2) is 6.06. The molecule has 1 aliphatic rings. The van der Waals surface area contributed by atoms with Gasteiger partial charge in [0.1, 0.15) is 0 Å². The van der Waals surface area contributed by atoms with Crippen LogP contribution >= 0.6 is 0 Å². The van der Waals surface area contributed by atoms with Crippen LogP contribution in [0.4, 0.5) is 0 Å². The average molecular weight is 260 g/mol. The maximum Gasteiger partial charge on any atom is 0.0381 e. The van der Waals surface area contributed by atoms with E-state index in [1.165, 1.54) is 24.9 Å². The van der Waals surface area contributed by atoms with Gasteiger partial charge in [-0.1, -0.05) is 44.2 Å². The lowest BCUT2D eigenvalue weighted by Crippen LogP contribution is -2.41. The van der Waals surface area contributed by atoms with Gasteiger partial charge in [0.25, 0.3) is 0 Å². The summed E-state index contributed by atoms with van der Waals surface area (Å²) in [6.45, 7) is 7.12. The van der Waals surface area contributed by atoms with Crippen molar-refractivity contribution in [1.29, 1.82) is 0 Å². The minimum atomic E-state index is 0.222. The molecule has 19 heavy (non-hydrogen) atoms. The first-order valence-electron chi connectivity index (χ1n) is 7.43. The lowest BCUT2D eigenvalue weighted by molar-refractivity contribution is 0.157. The molecule has 0 bridgehead atoms. The monoisotopic (exact) mass is 260 g/mol. The van der Waals surface area contributed by atoms with E-state index in [0.717, 1.165) is 12.5 Å². The molecule has 1 fully saturated rings. The van der Waals surface area contributed by atoms with Gasteiger partial charge in [0.05, 0.1) is 0 Å². The van der Waals surface area contributed by atoms with E-state index in [0.29, 0.717) is 6.04 Å². The Hall–Kier alpha value is -0.860. The predicted octanol–water partition coefficient (Wildman–Crippen LogP) is 3.32. The van der Waals surface area contributed by atoms with Crippen molar-refractivity contribution >= 4 is 0 Å². The SMILES string of the molecule is CNC(c1ccccc1)C(C)(C)CN(C)CC1CC1. The molecule has 0 aliphatic heterocycles. The maximum atomic E-state index is 3.51. The van der Waals surface area contributed by atoms with Crippen LogP contribution in [0.2, 0.25) is 0 Å². The van der Waals surface area contributed by atoms with E-state index >= 15 is 0 Å². The van der Waals surface area contributed by atoms with Gasteiger partial charge in [-0.2, -0.15) is 0 Å². The molecule has 1 atom stereocenters. The average Bonchev–Trinajstić information content (AvgIpc) is 3.13. The summed E-state index contributed by atoms with van der Waals surface area (Å²) in [5.41, 5.74) is 1.61. The smallest absolute Gasteiger partial charge is 0.0381 e. The van der Waals surface area contributed by atoms with Crippen LogP contribution in [0.5, 0.6) is 0 Å². The largest absolute Gasteiger partial charge is 0.313 e. The molecule has 2 heteroatoms. The Balaban J connectivity index is 2.02. The van der Waals surface area contributed by atoms with Gasteiger partial charge in [0, 0.05) is 19.1 Å². The van der Waals surface area contributed by atoms with Crippen LogP contribution in [0.1, 0.15) is 38.3 Å². The van der Waals surface area contributed by atoms with E-state index in [9.17, 15) is 0 Å². The van der Waals surface area contributed by atoms with E-state index in [2.05, 4.69) is 68.5 Å². The molecule has 1 aliphatic carbocycles. The molecule has 0 aromatic heterocycles. The van der Waals surface area contributed by atoms with Crippen LogP contribution < -0.4 is 5.32 Å². The van der Waals surface area contributed by atoms with Gasteiger partial charge in [-0.3, -0.25) is 0 Å². The molecule has 2 rings (SSSR count). The molecule has 1 saturated carbocycles. The lowest BCUT2D eigenvalue weighted by atomic mass is 9.80. The Morgan fingerprint density at radius 1 is 1.26 bits per heavy atom. The molecule has 1 aromatic rings. The number of hydrogen-bond donors (Lipinski definition) is 1. The third kappa shape index (κ3) is 4.05. The van der Waals surface area contributed by atoms with Crippen LogP contribution in [0, 0.1) is 11.3 Å². The number of nitrogens with one attached hydrogen (secondary N) is 1. The van der Waals surface area contributed by atoms with E-state index in [1.54, 1.807) is 0 Å². The maximum absolute atomic E-state index is 3.51. The fourth-order valence-corrected chi connectivity index (χ4v) is 3.25. The van der Waals surface area contributed by atoms with Crippen molar-refractivity contribution in [2.75, 3.05) is 27.2 Å². The zero-order chi connectivity index (χ0) is 13.9. The second-order valence-corrected chi connectivity index (χ2v) is 6.76. The third-order valence-corrected chi connectivity index (χ3v) is 4.15. The summed E-state index contributed by atoms with van der Waals surface area (Å²) in [7, 11) is 4.33.